The molecule has 0 heterocycles. The highest BCUT2D eigenvalue weighted by Gasteiger charge is 2.61. The number of carbonyl (C=O) groups excluding carboxylic acids is 3. The van der Waals surface area contributed by atoms with Gasteiger partial charge >= 0.3 is 12.0 Å². The zero-order valence-electron chi connectivity index (χ0n) is 16.7. The van der Waals surface area contributed by atoms with Crippen molar-refractivity contribution < 1.29 is 24.2 Å². The Hall–Kier alpha value is -1.63. The summed E-state index contributed by atoms with van der Waals surface area (Å²) in [5, 5.41) is 15.9. The minimum absolute atomic E-state index is 0.104. The lowest BCUT2D eigenvalue weighted by molar-refractivity contribution is -0.199. The standard InChI is InChI=1S/C21H32N2O5/c1-13(17(24)23-19(26)22-16-5-3-2-4-6-16)28-18(25)20-8-14-7-15(9-20)11-21(27,10-14)12-20/h13-16,27H,2-12H2,1H3,(H2,22,23,24,26)/t13-,14+,15+,20?,21?/m1/s1. The Morgan fingerprint density at radius 2 is 1.68 bits per heavy atom. The number of hydrogen-bond donors (Lipinski definition) is 3. The minimum Gasteiger partial charge on any atom is -0.452 e. The van der Waals surface area contributed by atoms with Crippen molar-refractivity contribution in [2.45, 2.75) is 95.3 Å². The normalized spacial score (nSPS) is 37.9. The van der Waals surface area contributed by atoms with Gasteiger partial charge in [-0.25, -0.2) is 4.79 Å². The van der Waals surface area contributed by atoms with E-state index in [-0.39, 0.29) is 6.04 Å². The second-order valence-electron chi connectivity index (χ2n) is 9.81. The van der Waals surface area contributed by atoms with E-state index in [1.165, 1.54) is 13.3 Å². The van der Waals surface area contributed by atoms with E-state index in [0.29, 0.717) is 18.3 Å². The number of urea groups is 1. The average Bonchev–Trinajstić information content (AvgIpc) is 2.60. The van der Waals surface area contributed by atoms with Gasteiger partial charge in [0, 0.05) is 6.04 Å². The molecule has 4 bridgehead atoms. The Kier molecular flexibility index (Phi) is 5.14. The molecule has 5 aliphatic rings. The molecule has 0 aromatic rings. The predicted octanol–water partition coefficient (Wildman–Crippen LogP) is 2.41. The summed E-state index contributed by atoms with van der Waals surface area (Å²) in [5.74, 6) is -0.270. The van der Waals surface area contributed by atoms with Crippen LogP contribution in [-0.2, 0) is 14.3 Å². The molecule has 5 rings (SSSR count). The van der Waals surface area contributed by atoms with Gasteiger partial charge in [-0.15, -0.1) is 0 Å². The highest BCUT2D eigenvalue weighted by Crippen LogP contribution is 2.62. The van der Waals surface area contributed by atoms with Crippen LogP contribution in [0.15, 0.2) is 0 Å². The summed E-state index contributed by atoms with van der Waals surface area (Å²) in [7, 11) is 0. The molecule has 3 N–H and O–H groups in total. The quantitative estimate of drug-likeness (QED) is 0.637. The Balaban J connectivity index is 1.30. The van der Waals surface area contributed by atoms with E-state index in [4.69, 9.17) is 4.74 Å². The molecule has 7 nitrogen and oxygen atoms in total. The highest BCUT2D eigenvalue weighted by molar-refractivity contribution is 5.97. The number of carbonyl (C=O) groups is 3. The van der Waals surface area contributed by atoms with Crippen molar-refractivity contribution in [1.29, 1.82) is 0 Å². The van der Waals surface area contributed by atoms with Crippen LogP contribution in [0.25, 0.3) is 0 Å². The third-order valence-electron chi connectivity index (χ3n) is 7.29. The molecule has 5 aliphatic carbocycles. The van der Waals surface area contributed by atoms with Gasteiger partial charge in [0.15, 0.2) is 6.10 Å². The summed E-state index contributed by atoms with van der Waals surface area (Å²) in [6, 6.07) is -0.420. The molecular weight excluding hydrogens is 360 g/mol. The minimum atomic E-state index is -1.03. The molecule has 0 aromatic carbocycles. The van der Waals surface area contributed by atoms with Crippen molar-refractivity contribution in [3.8, 4) is 0 Å². The molecule has 3 amide bonds. The van der Waals surface area contributed by atoms with Gasteiger partial charge in [-0.2, -0.15) is 0 Å². The van der Waals surface area contributed by atoms with Crippen LogP contribution in [0.1, 0.15) is 77.6 Å². The van der Waals surface area contributed by atoms with E-state index in [2.05, 4.69) is 10.6 Å². The van der Waals surface area contributed by atoms with Crippen LogP contribution in [0.4, 0.5) is 4.79 Å². The number of nitrogens with one attached hydrogen (secondary N) is 2. The van der Waals surface area contributed by atoms with E-state index in [1.807, 2.05) is 0 Å². The molecule has 0 unspecified atom stereocenters. The molecule has 28 heavy (non-hydrogen) atoms. The third kappa shape index (κ3) is 3.91. The van der Waals surface area contributed by atoms with Crippen molar-refractivity contribution in [2.75, 3.05) is 0 Å². The van der Waals surface area contributed by atoms with Gasteiger partial charge in [0.2, 0.25) is 0 Å². The molecule has 0 aliphatic heterocycles. The van der Waals surface area contributed by atoms with Gasteiger partial charge < -0.3 is 15.2 Å². The topological polar surface area (TPSA) is 105 Å². The van der Waals surface area contributed by atoms with Crippen molar-refractivity contribution in [2.24, 2.45) is 17.3 Å². The first-order valence-corrected chi connectivity index (χ1v) is 10.8. The van der Waals surface area contributed by atoms with E-state index < -0.39 is 35.0 Å². The second kappa shape index (κ2) is 7.32. The molecule has 3 atom stereocenters. The van der Waals surface area contributed by atoms with Crippen molar-refractivity contribution in [1.82, 2.24) is 10.6 Å². The Morgan fingerprint density at radius 3 is 2.29 bits per heavy atom. The smallest absolute Gasteiger partial charge is 0.321 e. The number of imide groups is 1. The first kappa shape index (κ1) is 19.7. The van der Waals surface area contributed by atoms with Crippen LogP contribution in [0.3, 0.4) is 0 Å². The van der Waals surface area contributed by atoms with E-state index in [1.54, 1.807) is 0 Å². The lowest BCUT2D eigenvalue weighted by Crippen LogP contribution is -2.59. The van der Waals surface area contributed by atoms with Crippen LogP contribution >= 0.6 is 0 Å². The Labute approximate surface area is 166 Å². The summed E-state index contributed by atoms with van der Waals surface area (Å²) in [4.78, 5) is 37.3. The maximum atomic E-state index is 12.9. The van der Waals surface area contributed by atoms with E-state index >= 15 is 0 Å². The zero-order chi connectivity index (χ0) is 19.9. The first-order valence-electron chi connectivity index (χ1n) is 10.8. The number of esters is 1. The molecule has 5 saturated carbocycles. The van der Waals surface area contributed by atoms with Crippen LogP contribution in [-0.4, -0.2) is 40.8 Å². The van der Waals surface area contributed by atoms with Crippen LogP contribution in [0, 0.1) is 17.3 Å². The Morgan fingerprint density at radius 1 is 1.04 bits per heavy atom. The number of ether oxygens (including phenoxy) is 1. The SMILES string of the molecule is C[C@@H](OC(=O)C12C[C@@H]3C[C@H](CC(O)(C3)C1)C2)C(=O)NC(=O)NC1CCCCC1. The average molecular weight is 392 g/mol. The first-order chi connectivity index (χ1) is 13.3. The van der Waals surface area contributed by atoms with Gasteiger partial charge in [0.1, 0.15) is 0 Å². The molecule has 156 valence electrons. The molecule has 0 spiro atoms. The third-order valence-corrected chi connectivity index (χ3v) is 7.29. The van der Waals surface area contributed by atoms with E-state index in [0.717, 1.165) is 57.8 Å². The summed E-state index contributed by atoms with van der Waals surface area (Å²) in [6.07, 6.45) is 8.72. The van der Waals surface area contributed by atoms with Gasteiger partial charge in [0.05, 0.1) is 11.0 Å². The highest BCUT2D eigenvalue weighted by atomic mass is 16.5. The molecular formula is C21H32N2O5. The molecule has 0 aromatic heterocycles. The summed E-state index contributed by atoms with van der Waals surface area (Å²) < 4.78 is 5.49. The molecule has 0 saturated heterocycles. The van der Waals surface area contributed by atoms with E-state index in [9.17, 15) is 19.5 Å². The molecule has 7 heteroatoms. The largest absolute Gasteiger partial charge is 0.452 e. The maximum Gasteiger partial charge on any atom is 0.321 e. The monoisotopic (exact) mass is 392 g/mol. The fourth-order valence-corrected chi connectivity index (χ4v) is 6.47. The number of amides is 3. The zero-order valence-corrected chi connectivity index (χ0v) is 16.7. The lowest BCUT2D eigenvalue weighted by atomic mass is 9.48. The van der Waals surface area contributed by atoms with Gasteiger partial charge in [-0.05, 0) is 70.1 Å². The number of aliphatic hydroxyl groups is 1. The van der Waals surface area contributed by atoms with Crippen molar-refractivity contribution >= 4 is 17.9 Å². The van der Waals surface area contributed by atoms with Crippen molar-refractivity contribution in [3.63, 3.8) is 0 Å². The van der Waals surface area contributed by atoms with Gasteiger partial charge in [0.25, 0.3) is 5.91 Å². The fourth-order valence-electron chi connectivity index (χ4n) is 6.47. The molecule has 5 fully saturated rings. The molecule has 0 radical (unpaired) electrons. The lowest BCUT2D eigenvalue weighted by Gasteiger charge is -2.58. The van der Waals surface area contributed by atoms with Crippen LogP contribution in [0.5, 0.6) is 0 Å². The van der Waals surface area contributed by atoms with Gasteiger partial charge in [-0.3, -0.25) is 14.9 Å². The fraction of sp³-hybridized carbons (Fsp3) is 0.857. The van der Waals surface area contributed by atoms with Gasteiger partial charge in [-0.1, -0.05) is 19.3 Å². The predicted molar refractivity (Wildman–Crippen MR) is 101 cm³/mol. The van der Waals surface area contributed by atoms with Crippen molar-refractivity contribution in [3.05, 3.63) is 0 Å². The number of rotatable bonds is 4. The van der Waals surface area contributed by atoms with Crippen LogP contribution < -0.4 is 10.6 Å². The second-order valence-corrected chi connectivity index (χ2v) is 9.81. The number of hydrogen-bond acceptors (Lipinski definition) is 5. The van der Waals surface area contributed by atoms with Crippen LogP contribution in [0.2, 0.25) is 0 Å². The summed E-state index contributed by atoms with van der Waals surface area (Å²) in [6.45, 7) is 1.50. The summed E-state index contributed by atoms with van der Waals surface area (Å²) in [5.41, 5.74) is -1.42. The summed E-state index contributed by atoms with van der Waals surface area (Å²) >= 11 is 0. The maximum absolute atomic E-state index is 12.9. The Bertz CT molecular complexity index is 643.